The van der Waals surface area contributed by atoms with Crippen LogP contribution in [0.1, 0.15) is 18.5 Å². The topological polar surface area (TPSA) is 112 Å². The molecule has 2 heterocycles. The van der Waals surface area contributed by atoms with Crippen LogP contribution in [0.5, 0.6) is 5.75 Å². The minimum absolute atomic E-state index is 0.151. The number of aliphatic hydroxyl groups excluding tert-OH is 1. The van der Waals surface area contributed by atoms with E-state index in [4.69, 9.17) is 30.8 Å². The predicted octanol–water partition coefficient (Wildman–Crippen LogP) is 3.06. The molecule has 0 spiro atoms. The highest BCUT2D eigenvalue weighted by Gasteiger charge is 2.53. The minimum Gasteiger partial charge on any atom is -0.479 e. The van der Waals surface area contributed by atoms with Gasteiger partial charge in [-0.3, -0.25) is 9.29 Å². The number of fused-ring (bicyclic) bond motifs is 2. The van der Waals surface area contributed by atoms with E-state index in [9.17, 15) is 13.5 Å². The van der Waals surface area contributed by atoms with E-state index in [1.54, 1.807) is 35.8 Å². The maximum atomic E-state index is 11.8. The van der Waals surface area contributed by atoms with Crippen molar-refractivity contribution in [2.24, 2.45) is 0 Å². The number of para-hydroxylation sites is 2. The number of anilines is 1. The largest absolute Gasteiger partial charge is 0.479 e. The monoisotopic (exact) mass is 480 g/mol. The summed E-state index contributed by atoms with van der Waals surface area (Å²) in [5.41, 5.74) is 0.756. The lowest BCUT2D eigenvalue weighted by Crippen LogP contribution is -2.60. The summed E-state index contributed by atoms with van der Waals surface area (Å²) in [6, 6.07) is 11.3. The molecule has 4 rings (SSSR count). The van der Waals surface area contributed by atoms with Crippen molar-refractivity contribution in [2.75, 3.05) is 25.2 Å². The molecule has 0 fully saturated rings. The predicted molar refractivity (Wildman–Crippen MR) is 121 cm³/mol. The van der Waals surface area contributed by atoms with Gasteiger partial charge in [-0.15, -0.1) is 0 Å². The highest BCUT2D eigenvalue weighted by molar-refractivity contribution is 7.92. The first kappa shape index (κ1) is 22.7. The van der Waals surface area contributed by atoms with Gasteiger partial charge in [0.05, 0.1) is 17.8 Å². The standard InChI is InChI=1S/C21H24N2O7S2/c1-21(19(27-2)28-3)18(24)17(23-14-7-5-6-8-16(14)29-20(23)31)13-11-12(22-32(4,25)26)9-10-15(13)30-21/h5-11,17-19,22,24H,1-4H3/t17-,18+,21+/m0/s1. The number of ether oxygens (including phenoxy) is 3. The number of sulfonamides is 1. The van der Waals surface area contributed by atoms with Crippen LogP contribution in [-0.4, -0.2) is 56.6 Å². The third-order valence-corrected chi connectivity index (χ3v) is 6.43. The Balaban J connectivity index is 1.98. The third-order valence-electron chi connectivity index (χ3n) is 5.54. The number of nitrogens with zero attached hydrogens (tertiary/aromatic N) is 1. The summed E-state index contributed by atoms with van der Waals surface area (Å²) in [4.78, 5) is 0.151. The molecule has 2 aromatic carbocycles. The normalized spacial score (nSPS) is 23.2. The van der Waals surface area contributed by atoms with Gasteiger partial charge in [0, 0.05) is 25.5 Å². The minimum atomic E-state index is -3.51. The van der Waals surface area contributed by atoms with E-state index in [1.165, 1.54) is 14.2 Å². The van der Waals surface area contributed by atoms with Gasteiger partial charge in [-0.1, -0.05) is 12.1 Å². The summed E-state index contributed by atoms with van der Waals surface area (Å²) < 4.78 is 50.5. The van der Waals surface area contributed by atoms with Crippen LogP contribution in [0, 0.1) is 4.84 Å². The van der Waals surface area contributed by atoms with E-state index in [-0.39, 0.29) is 4.84 Å². The number of nitrogens with one attached hydrogen (secondary N) is 1. The molecule has 11 heteroatoms. The van der Waals surface area contributed by atoms with Crippen molar-refractivity contribution in [1.29, 1.82) is 0 Å². The number of aromatic nitrogens is 1. The maximum absolute atomic E-state index is 11.8. The molecule has 0 aliphatic carbocycles. The summed E-state index contributed by atoms with van der Waals surface area (Å²) in [6.45, 7) is 1.68. The van der Waals surface area contributed by atoms with Crippen molar-refractivity contribution >= 4 is 39.0 Å². The Bertz CT molecular complexity index is 1310. The van der Waals surface area contributed by atoms with E-state index in [0.717, 1.165) is 6.26 Å². The fourth-order valence-electron chi connectivity index (χ4n) is 4.21. The van der Waals surface area contributed by atoms with Gasteiger partial charge in [0.2, 0.25) is 10.0 Å². The van der Waals surface area contributed by atoms with Gasteiger partial charge < -0.3 is 23.7 Å². The van der Waals surface area contributed by atoms with Crippen molar-refractivity contribution < 1.29 is 32.2 Å². The molecule has 1 aromatic heterocycles. The van der Waals surface area contributed by atoms with Crippen LogP contribution in [0.4, 0.5) is 5.69 Å². The first-order valence-electron chi connectivity index (χ1n) is 9.73. The van der Waals surface area contributed by atoms with Crippen LogP contribution >= 0.6 is 12.2 Å². The molecule has 0 unspecified atom stereocenters. The zero-order chi connectivity index (χ0) is 23.3. The zero-order valence-electron chi connectivity index (χ0n) is 17.9. The van der Waals surface area contributed by atoms with Gasteiger partial charge in [-0.25, -0.2) is 8.42 Å². The van der Waals surface area contributed by atoms with E-state index >= 15 is 0 Å². The summed E-state index contributed by atoms with van der Waals surface area (Å²) >= 11 is 5.50. The molecule has 2 N–H and O–H groups in total. The molecule has 0 radical (unpaired) electrons. The first-order valence-corrected chi connectivity index (χ1v) is 12.0. The lowest BCUT2D eigenvalue weighted by molar-refractivity contribution is -0.238. The highest BCUT2D eigenvalue weighted by atomic mass is 32.2. The Hall–Kier alpha value is -2.44. The third kappa shape index (κ3) is 3.80. The van der Waals surface area contributed by atoms with Crippen molar-refractivity contribution in [2.45, 2.75) is 31.0 Å². The average Bonchev–Trinajstić information content (AvgIpc) is 3.05. The summed E-state index contributed by atoms with van der Waals surface area (Å²) in [6.07, 6.45) is -1.05. The molecule has 0 amide bonds. The van der Waals surface area contributed by atoms with E-state index in [0.29, 0.717) is 28.1 Å². The van der Waals surface area contributed by atoms with Gasteiger partial charge in [-0.2, -0.15) is 0 Å². The van der Waals surface area contributed by atoms with Crippen molar-refractivity contribution in [3.05, 3.63) is 52.9 Å². The quantitative estimate of drug-likeness (QED) is 0.409. The number of methoxy groups -OCH3 is 2. The number of benzene rings is 2. The molecule has 0 bridgehead atoms. The fraction of sp³-hybridized carbons (Fsp3) is 0.381. The number of oxazole rings is 1. The molecule has 172 valence electrons. The molecular formula is C21H24N2O7S2. The fourth-order valence-corrected chi connectivity index (χ4v) is 5.07. The maximum Gasteiger partial charge on any atom is 0.270 e. The molecule has 1 aliphatic rings. The smallest absolute Gasteiger partial charge is 0.270 e. The molecule has 1 aliphatic heterocycles. The molecule has 9 nitrogen and oxygen atoms in total. The summed E-state index contributed by atoms with van der Waals surface area (Å²) in [5.74, 6) is 0.424. The SMILES string of the molecule is COC(OC)[C@]1(C)Oc2ccc(NS(C)(=O)=O)cc2[C@H](n2c(=S)oc3ccccc32)[C@H]1O. The van der Waals surface area contributed by atoms with E-state index < -0.39 is 34.1 Å². The van der Waals surface area contributed by atoms with Crippen LogP contribution in [0.25, 0.3) is 11.1 Å². The lowest BCUT2D eigenvalue weighted by Gasteiger charge is -2.46. The number of hydrogen-bond donors (Lipinski definition) is 2. The van der Waals surface area contributed by atoms with Crippen molar-refractivity contribution in [1.82, 2.24) is 4.57 Å². The Morgan fingerprint density at radius 3 is 2.56 bits per heavy atom. The molecule has 3 atom stereocenters. The Kier molecular flexibility index (Phi) is 5.80. The van der Waals surface area contributed by atoms with E-state index in [1.807, 2.05) is 18.2 Å². The molecule has 0 saturated carbocycles. The Morgan fingerprint density at radius 2 is 1.91 bits per heavy atom. The van der Waals surface area contributed by atoms with Gasteiger partial charge in [0.15, 0.2) is 17.5 Å². The Labute approximate surface area is 190 Å². The first-order chi connectivity index (χ1) is 15.1. The molecule has 0 saturated heterocycles. The van der Waals surface area contributed by atoms with Crippen molar-refractivity contribution in [3.8, 4) is 5.75 Å². The van der Waals surface area contributed by atoms with E-state index in [2.05, 4.69) is 4.72 Å². The Morgan fingerprint density at radius 1 is 1.22 bits per heavy atom. The van der Waals surface area contributed by atoms with Crippen LogP contribution in [-0.2, 0) is 19.5 Å². The van der Waals surface area contributed by atoms with Crippen molar-refractivity contribution in [3.63, 3.8) is 0 Å². The van der Waals surface area contributed by atoms with Crippen LogP contribution in [0.2, 0.25) is 0 Å². The highest BCUT2D eigenvalue weighted by Crippen LogP contribution is 2.46. The summed E-state index contributed by atoms with van der Waals surface area (Å²) in [5, 5.41) is 11.6. The summed E-state index contributed by atoms with van der Waals surface area (Å²) in [7, 11) is -0.602. The lowest BCUT2D eigenvalue weighted by atomic mass is 9.84. The number of rotatable bonds is 6. The molecular weight excluding hydrogens is 456 g/mol. The second-order valence-electron chi connectivity index (χ2n) is 7.81. The van der Waals surface area contributed by atoms with Gasteiger partial charge in [0.1, 0.15) is 11.9 Å². The second-order valence-corrected chi connectivity index (χ2v) is 9.91. The van der Waals surface area contributed by atoms with Crippen LogP contribution < -0.4 is 9.46 Å². The number of hydrogen-bond acceptors (Lipinski definition) is 8. The van der Waals surface area contributed by atoms with Crippen LogP contribution in [0.3, 0.4) is 0 Å². The van der Waals surface area contributed by atoms with Gasteiger partial charge in [0.25, 0.3) is 4.84 Å². The van der Waals surface area contributed by atoms with Gasteiger partial charge >= 0.3 is 0 Å². The van der Waals surface area contributed by atoms with Gasteiger partial charge in [-0.05, 0) is 49.5 Å². The average molecular weight is 481 g/mol. The second kappa shape index (κ2) is 8.16. The zero-order valence-corrected chi connectivity index (χ0v) is 19.6. The van der Waals surface area contributed by atoms with Crippen LogP contribution in [0.15, 0.2) is 46.9 Å². The molecule has 3 aromatic rings. The molecule has 32 heavy (non-hydrogen) atoms. The number of aliphatic hydroxyl groups is 1.